The van der Waals surface area contributed by atoms with Gasteiger partial charge in [0.05, 0.1) is 0 Å². The Labute approximate surface area is 79.1 Å². The molecule has 0 aromatic rings. The topological polar surface area (TPSA) is 32.3 Å². The first-order chi connectivity index (χ1) is 5.72. The van der Waals surface area contributed by atoms with Crippen molar-refractivity contribution >= 4 is 11.8 Å². The first kappa shape index (κ1) is 10.4. The van der Waals surface area contributed by atoms with Crippen molar-refractivity contribution in [3.05, 3.63) is 0 Å². The van der Waals surface area contributed by atoms with Crippen molar-refractivity contribution in [3.63, 3.8) is 0 Å². The third-order valence-corrected chi connectivity index (χ3v) is 3.64. The molecule has 1 heterocycles. The number of aliphatic hydroxyl groups is 1. The van der Waals surface area contributed by atoms with Crippen LogP contribution in [0, 0.1) is 0 Å². The lowest BCUT2D eigenvalue weighted by molar-refractivity contribution is 0.264. The lowest BCUT2D eigenvalue weighted by Gasteiger charge is -2.17. The molecule has 0 aromatic heterocycles. The number of hydrogen-bond donors (Lipinski definition) is 2. The largest absolute Gasteiger partial charge is 0.396 e. The molecule has 1 aliphatic heterocycles. The lowest BCUT2D eigenvalue weighted by Crippen LogP contribution is -2.37. The van der Waals surface area contributed by atoms with Crippen LogP contribution in [0.4, 0.5) is 0 Å². The van der Waals surface area contributed by atoms with E-state index in [1.54, 1.807) is 0 Å². The third-order valence-electron chi connectivity index (χ3n) is 2.28. The minimum Gasteiger partial charge on any atom is -0.396 e. The van der Waals surface area contributed by atoms with E-state index in [4.69, 9.17) is 5.11 Å². The van der Waals surface area contributed by atoms with Gasteiger partial charge in [-0.05, 0) is 19.8 Å². The van der Waals surface area contributed by atoms with Crippen LogP contribution in [0.1, 0.15) is 26.7 Å². The minimum absolute atomic E-state index is 0.295. The summed E-state index contributed by atoms with van der Waals surface area (Å²) in [7, 11) is 0. The Kier molecular flexibility index (Phi) is 4.40. The quantitative estimate of drug-likeness (QED) is 0.698. The second-order valence-corrected chi connectivity index (χ2v) is 5.13. The highest BCUT2D eigenvalue weighted by atomic mass is 32.2. The van der Waals surface area contributed by atoms with Gasteiger partial charge in [0.25, 0.3) is 0 Å². The maximum Gasteiger partial charge on any atom is 0.0445 e. The molecule has 0 aliphatic carbocycles. The predicted molar refractivity (Wildman–Crippen MR) is 54.6 cm³/mol. The van der Waals surface area contributed by atoms with Crippen molar-refractivity contribution in [2.75, 3.05) is 12.4 Å². The molecule has 1 fully saturated rings. The fourth-order valence-corrected chi connectivity index (χ4v) is 2.77. The van der Waals surface area contributed by atoms with Crippen molar-refractivity contribution in [1.29, 1.82) is 0 Å². The first-order valence-electron chi connectivity index (χ1n) is 4.71. The van der Waals surface area contributed by atoms with Gasteiger partial charge < -0.3 is 10.4 Å². The molecule has 2 nitrogen and oxygen atoms in total. The van der Waals surface area contributed by atoms with E-state index in [1.165, 1.54) is 12.2 Å². The van der Waals surface area contributed by atoms with E-state index < -0.39 is 0 Å². The van der Waals surface area contributed by atoms with Crippen LogP contribution < -0.4 is 5.32 Å². The summed E-state index contributed by atoms with van der Waals surface area (Å²) in [6.45, 7) is 4.72. The Hall–Kier alpha value is 0.270. The zero-order valence-corrected chi connectivity index (χ0v) is 8.73. The Morgan fingerprint density at radius 1 is 1.67 bits per heavy atom. The van der Waals surface area contributed by atoms with Crippen LogP contribution >= 0.6 is 11.8 Å². The molecule has 1 rings (SSSR count). The zero-order valence-electron chi connectivity index (χ0n) is 7.92. The summed E-state index contributed by atoms with van der Waals surface area (Å²) >= 11 is 2.04. The van der Waals surface area contributed by atoms with E-state index in [1.807, 2.05) is 11.8 Å². The number of thioether (sulfide) groups is 1. The number of aliphatic hydroxyl groups excluding tert-OH is 1. The van der Waals surface area contributed by atoms with Gasteiger partial charge in [0.15, 0.2) is 0 Å². The van der Waals surface area contributed by atoms with Crippen molar-refractivity contribution in [2.24, 2.45) is 0 Å². The summed E-state index contributed by atoms with van der Waals surface area (Å²) in [5.41, 5.74) is 0. The summed E-state index contributed by atoms with van der Waals surface area (Å²) in [5, 5.41) is 13.1. The van der Waals surface area contributed by atoms with Crippen LogP contribution in [0.5, 0.6) is 0 Å². The van der Waals surface area contributed by atoms with Gasteiger partial charge in [-0.2, -0.15) is 11.8 Å². The van der Waals surface area contributed by atoms with E-state index in [0.29, 0.717) is 18.7 Å². The fraction of sp³-hybridized carbons (Fsp3) is 1.00. The molecular formula is C9H19NOS. The normalized spacial score (nSPS) is 32.2. The highest BCUT2D eigenvalue weighted by Gasteiger charge is 2.22. The van der Waals surface area contributed by atoms with Gasteiger partial charge in [0.2, 0.25) is 0 Å². The van der Waals surface area contributed by atoms with Gasteiger partial charge in [-0.25, -0.2) is 0 Å². The van der Waals surface area contributed by atoms with Crippen LogP contribution in [-0.2, 0) is 0 Å². The van der Waals surface area contributed by atoms with Crippen LogP contribution in [0.25, 0.3) is 0 Å². The average Bonchev–Trinajstić information content (AvgIpc) is 2.36. The van der Waals surface area contributed by atoms with E-state index in [0.717, 1.165) is 11.7 Å². The first-order valence-corrected chi connectivity index (χ1v) is 5.75. The number of hydrogen-bond acceptors (Lipinski definition) is 3. The standard InChI is InChI=1S/C9H19NOS/c1-7(3-4-11)10-9-5-8(2)12-6-9/h7-11H,3-6H2,1-2H3. The van der Waals surface area contributed by atoms with E-state index >= 15 is 0 Å². The van der Waals surface area contributed by atoms with E-state index in [-0.39, 0.29) is 0 Å². The van der Waals surface area contributed by atoms with Crippen LogP contribution in [0.2, 0.25) is 0 Å². The van der Waals surface area contributed by atoms with Gasteiger partial charge >= 0.3 is 0 Å². The van der Waals surface area contributed by atoms with Gasteiger partial charge in [-0.1, -0.05) is 6.92 Å². The van der Waals surface area contributed by atoms with Crippen molar-refractivity contribution in [1.82, 2.24) is 5.32 Å². The molecule has 0 aromatic carbocycles. The van der Waals surface area contributed by atoms with Crippen LogP contribution in [0.15, 0.2) is 0 Å². The van der Waals surface area contributed by atoms with Crippen molar-refractivity contribution in [3.8, 4) is 0 Å². The summed E-state index contributed by atoms with van der Waals surface area (Å²) in [4.78, 5) is 0. The summed E-state index contributed by atoms with van der Waals surface area (Å²) in [6, 6.07) is 1.14. The molecule has 0 bridgehead atoms. The molecule has 1 saturated heterocycles. The van der Waals surface area contributed by atoms with Gasteiger partial charge in [0, 0.05) is 29.7 Å². The molecule has 3 heteroatoms. The molecule has 3 atom stereocenters. The van der Waals surface area contributed by atoms with E-state index in [9.17, 15) is 0 Å². The molecule has 0 spiro atoms. The summed E-state index contributed by atoms with van der Waals surface area (Å²) in [6.07, 6.45) is 2.15. The second kappa shape index (κ2) is 5.10. The molecular weight excluding hydrogens is 170 g/mol. The van der Waals surface area contributed by atoms with Gasteiger partial charge in [0.1, 0.15) is 0 Å². The Morgan fingerprint density at radius 3 is 2.92 bits per heavy atom. The van der Waals surface area contributed by atoms with Crippen molar-refractivity contribution in [2.45, 2.75) is 44.0 Å². The molecule has 0 saturated carbocycles. The summed E-state index contributed by atoms with van der Waals surface area (Å²) in [5.74, 6) is 1.23. The van der Waals surface area contributed by atoms with Gasteiger partial charge in [-0.15, -0.1) is 0 Å². The van der Waals surface area contributed by atoms with Gasteiger partial charge in [-0.3, -0.25) is 0 Å². The third kappa shape index (κ3) is 3.33. The summed E-state index contributed by atoms with van der Waals surface area (Å²) < 4.78 is 0. The molecule has 72 valence electrons. The predicted octanol–water partition coefficient (Wildman–Crippen LogP) is 1.24. The maximum atomic E-state index is 8.72. The van der Waals surface area contributed by atoms with E-state index in [2.05, 4.69) is 19.2 Å². The molecule has 3 unspecified atom stereocenters. The SMILES string of the molecule is CC(CCO)NC1CSC(C)C1. The Balaban J connectivity index is 2.14. The fourth-order valence-electron chi connectivity index (χ4n) is 1.61. The zero-order chi connectivity index (χ0) is 8.97. The lowest BCUT2D eigenvalue weighted by atomic mass is 10.1. The smallest absolute Gasteiger partial charge is 0.0445 e. The second-order valence-electron chi connectivity index (χ2n) is 3.66. The van der Waals surface area contributed by atoms with Crippen molar-refractivity contribution < 1.29 is 5.11 Å². The average molecular weight is 189 g/mol. The number of nitrogens with one attached hydrogen (secondary N) is 1. The minimum atomic E-state index is 0.295. The molecule has 0 radical (unpaired) electrons. The maximum absolute atomic E-state index is 8.72. The Morgan fingerprint density at radius 2 is 2.42 bits per heavy atom. The Bertz CT molecular complexity index is 132. The number of rotatable bonds is 4. The van der Waals surface area contributed by atoms with Crippen LogP contribution in [0.3, 0.4) is 0 Å². The highest BCUT2D eigenvalue weighted by Crippen LogP contribution is 2.26. The molecule has 1 aliphatic rings. The highest BCUT2D eigenvalue weighted by molar-refractivity contribution is 8.00. The molecule has 12 heavy (non-hydrogen) atoms. The monoisotopic (exact) mass is 189 g/mol. The molecule has 0 amide bonds. The molecule has 2 N–H and O–H groups in total. The van der Waals surface area contributed by atoms with Crippen LogP contribution in [-0.4, -0.2) is 34.8 Å².